The summed E-state index contributed by atoms with van der Waals surface area (Å²) in [7, 11) is 0. The third-order valence-electron chi connectivity index (χ3n) is 3.99. The van der Waals surface area contributed by atoms with Crippen LogP contribution in [0.3, 0.4) is 0 Å². The van der Waals surface area contributed by atoms with E-state index in [1.54, 1.807) is 6.92 Å². The molecular formula is C20H15F4N3O6. The van der Waals surface area contributed by atoms with E-state index in [0.717, 1.165) is 18.2 Å². The number of pyridine rings is 1. The van der Waals surface area contributed by atoms with Crippen LogP contribution in [0.1, 0.15) is 12.6 Å². The Kier molecular flexibility index (Phi) is 6.80. The van der Waals surface area contributed by atoms with Gasteiger partial charge in [-0.3, -0.25) is 4.79 Å². The SMILES string of the molecule is CCOC(=O)COc1ncccc1Oc1ccc(F)c(-n2c(=O)cc(C(F)(F)F)[nH]c2=O)c1. The molecule has 2 aromatic heterocycles. The average molecular weight is 469 g/mol. The molecule has 1 N–H and O–H groups in total. The van der Waals surface area contributed by atoms with Gasteiger partial charge in [-0.25, -0.2) is 23.5 Å². The number of aromatic nitrogens is 3. The number of alkyl halides is 3. The van der Waals surface area contributed by atoms with Gasteiger partial charge in [0.15, 0.2) is 12.4 Å². The van der Waals surface area contributed by atoms with Crippen LogP contribution in [0.4, 0.5) is 17.6 Å². The van der Waals surface area contributed by atoms with Crippen molar-refractivity contribution in [2.75, 3.05) is 13.2 Å². The van der Waals surface area contributed by atoms with Crippen LogP contribution < -0.4 is 20.7 Å². The molecule has 0 bridgehead atoms. The van der Waals surface area contributed by atoms with Crippen LogP contribution in [0.15, 0.2) is 52.2 Å². The van der Waals surface area contributed by atoms with Crippen molar-refractivity contribution >= 4 is 5.97 Å². The summed E-state index contributed by atoms with van der Waals surface area (Å²) in [5, 5.41) is 0. The Morgan fingerprint density at radius 2 is 1.94 bits per heavy atom. The molecule has 0 aliphatic rings. The number of hydrogen-bond donors (Lipinski definition) is 1. The van der Waals surface area contributed by atoms with Crippen molar-refractivity contribution in [2.24, 2.45) is 0 Å². The minimum Gasteiger partial charge on any atom is -0.463 e. The van der Waals surface area contributed by atoms with Gasteiger partial charge in [-0.1, -0.05) is 0 Å². The lowest BCUT2D eigenvalue weighted by atomic mass is 10.2. The van der Waals surface area contributed by atoms with Gasteiger partial charge in [0.1, 0.15) is 17.3 Å². The molecule has 1 aromatic carbocycles. The zero-order chi connectivity index (χ0) is 24.2. The number of H-pyrrole nitrogens is 1. The number of halogens is 4. The average Bonchev–Trinajstić information content (AvgIpc) is 2.74. The van der Waals surface area contributed by atoms with Crippen molar-refractivity contribution < 1.29 is 36.6 Å². The summed E-state index contributed by atoms with van der Waals surface area (Å²) in [6.07, 6.45) is -3.62. The number of esters is 1. The fraction of sp³-hybridized carbons (Fsp3) is 0.200. The van der Waals surface area contributed by atoms with E-state index in [9.17, 15) is 31.9 Å². The van der Waals surface area contributed by atoms with Crippen molar-refractivity contribution in [3.8, 4) is 23.1 Å². The van der Waals surface area contributed by atoms with E-state index in [-0.39, 0.29) is 34.6 Å². The monoisotopic (exact) mass is 469 g/mol. The lowest BCUT2D eigenvalue weighted by molar-refractivity contribution is -0.145. The van der Waals surface area contributed by atoms with Crippen LogP contribution in [0.25, 0.3) is 5.69 Å². The van der Waals surface area contributed by atoms with Gasteiger partial charge < -0.3 is 19.2 Å². The van der Waals surface area contributed by atoms with Crippen LogP contribution in [0.5, 0.6) is 17.4 Å². The molecule has 0 amide bonds. The van der Waals surface area contributed by atoms with E-state index in [4.69, 9.17) is 14.2 Å². The molecule has 33 heavy (non-hydrogen) atoms. The lowest BCUT2D eigenvalue weighted by Gasteiger charge is -2.13. The normalized spacial score (nSPS) is 11.2. The number of carbonyl (C=O) groups is 1. The maximum absolute atomic E-state index is 14.4. The van der Waals surface area contributed by atoms with E-state index in [0.29, 0.717) is 0 Å². The predicted molar refractivity (Wildman–Crippen MR) is 104 cm³/mol. The van der Waals surface area contributed by atoms with Gasteiger partial charge in [0.05, 0.1) is 12.3 Å². The summed E-state index contributed by atoms with van der Waals surface area (Å²) in [6.45, 7) is 1.30. The molecule has 0 spiro atoms. The van der Waals surface area contributed by atoms with Gasteiger partial charge in [-0.05, 0) is 31.2 Å². The molecule has 174 valence electrons. The number of benzene rings is 1. The zero-order valence-corrected chi connectivity index (χ0v) is 16.8. The van der Waals surface area contributed by atoms with Gasteiger partial charge >= 0.3 is 17.8 Å². The highest BCUT2D eigenvalue weighted by molar-refractivity contribution is 5.71. The Bertz CT molecular complexity index is 1250. The molecule has 3 rings (SSSR count). The Morgan fingerprint density at radius 1 is 1.18 bits per heavy atom. The Labute approximate surface area is 182 Å². The molecular weight excluding hydrogens is 454 g/mol. The van der Waals surface area contributed by atoms with E-state index < -0.39 is 47.2 Å². The quantitative estimate of drug-likeness (QED) is 0.418. The third-order valence-corrected chi connectivity index (χ3v) is 3.99. The van der Waals surface area contributed by atoms with Gasteiger partial charge in [0.2, 0.25) is 0 Å². The standard InChI is InChI=1S/C20H15F4N3O6/c1-2-31-17(29)10-32-18-14(4-3-7-25-18)33-11-5-6-12(21)13(8-11)27-16(28)9-15(20(22,23)24)26-19(27)30/h3-9H,2,10H2,1H3,(H,26,30). The van der Waals surface area contributed by atoms with Crippen LogP contribution >= 0.6 is 0 Å². The summed E-state index contributed by atoms with van der Waals surface area (Å²) < 4.78 is 68.5. The third kappa shape index (κ3) is 5.56. The first-order valence-corrected chi connectivity index (χ1v) is 9.25. The highest BCUT2D eigenvalue weighted by Crippen LogP contribution is 2.31. The molecule has 13 heteroatoms. The second kappa shape index (κ2) is 9.54. The minimum absolute atomic E-state index is 0.00645. The second-order valence-electron chi connectivity index (χ2n) is 6.28. The summed E-state index contributed by atoms with van der Waals surface area (Å²) in [4.78, 5) is 41.2. The number of hydrogen-bond acceptors (Lipinski definition) is 7. The van der Waals surface area contributed by atoms with E-state index in [1.807, 2.05) is 0 Å². The molecule has 2 heterocycles. The summed E-state index contributed by atoms with van der Waals surface area (Å²) in [5.41, 5.74) is -5.11. The number of ether oxygens (including phenoxy) is 3. The fourth-order valence-electron chi connectivity index (χ4n) is 2.62. The van der Waals surface area contributed by atoms with E-state index >= 15 is 0 Å². The number of nitrogens with zero attached hydrogens (tertiary/aromatic N) is 2. The topological polar surface area (TPSA) is 113 Å². The number of nitrogens with one attached hydrogen (secondary N) is 1. The molecule has 0 saturated carbocycles. The molecule has 3 aromatic rings. The number of carbonyl (C=O) groups excluding carboxylic acids is 1. The molecule has 0 unspecified atom stereocenters. The van der Waals surface area contributed by atoms with Crippen molar-refractivity contribution in [1.82, 2.24) is 14.5 Å². The van der Waals surface area contributed by atoms with Gasteiger partial charge in [-0.2, -0.15) is 13.2 Å². The van der Waals surface area contributed by atoms with Gasteiger partial charge in [-0.15, -0.1) is 0 Å². The largest absolute Gasteiger partial charge is 0.463 e. The molecule has 0 saturated heterocycles. The maximum atomic E-state index is 14.4. The van der Waals surface area contributed by atoms with Crippen molar-refractivity contribution in [2.45, 2.75) is 13.1 Å². The first-order valence-electron chi connectivity index (χ1n) is 9.25. The molecule has 0 fully saturated rings. The number of aromatic amines is 1. The first kappa shape index (κ1) is 23.5. The van der Waals surface area contributed by atoms with Gasteiger partial charge in [0.25, 0.3) is 11.4 Å². The van der Waals surface area contributed by atoms with Crippen molar-refractivity contribution in [3.05, 3.63) is 74.9 Å². The maximum Gasteiger partial charge on any atom is 0.431 e. The summed E-state index contributed by atoms with van der Waals surface area (Å²) >= 11 is 0. The Hall–Kier alpha value is -4.16. The number of rotatable bonds is 7. The van der Waals surface area contributed by atoms with Crippen LogP contribution in [-0.4, -0.2) is 33.7 Å². The molecule has 0 radical (unpaired) electrons. The van der Waals surface area contributed by atoms with Crippen molar-refractivity contribution in [1.29, 1.82) is 0 Å². The molecule has 0 aliphatic carbocycles. The zero-order valence-electron chi connectivity index (χ0n) is 16.8. The smallest absolute Gasteiger partial charge is 0.431 e. The van der Waals surface area contributed by atoms with Crippen molar-refractivity contribution in [3.63, 3.8) is 0 Å². The summed E-state index contributed by atoms with van der Waals surface area (Å²) in [6, 6.07) is 5.95. The van der Waals surface area contributed by atoms with Crippen LogP contribution in [-0.2, 0) is 15.7 Å². The molecule has 0 aliphatic heterocycles. The van der Waals surface area contributed by atoms with E-state index in [2.05, 4.69) is 4.98 Å². The second-order valence-corrected chi connectivity index (χ2v) is 6.28. The van der Waals surface area contributed by atoms with Crippen LogP contribution in [0, 0.1) is 5.82 Å². The first-order chi connectivity index (χ1) is 15.6. The predicted octanol–water partition coefficient (Wildman–Crippen LogP) is 2.81. The minimum atomic E-state index is -4.97. The van der Waals surface area contributed by atoms with Crippen LogP contribution in [0.2, 0.25) is 0 Å². The highest BCUT2D eigenvalue weighted by Gasteiger charge is 2.33. The summed E-state index contributed by atoms with van der Waals surface area (Å²) in [5.74, 6) is -1.95. The fourth-order valence-corrected chi connectivity index (χ4v) is 2.62. The highest BCUT2D eigenvalue weighted by atomic mass is 19.4. The van der Waals surface area contributed by atoms with Gasteiger partial charge in [0, 0.05) is 18.3 Å². The Morgan fingerprint density at radius 3 is 2.61 bits per heavy atom. The Balaban J connectivity index is 1.94. The molecule has 0 atom stereocenters. The molecule has 9 nitrogen and oxygen atoms in total. The lowest BCUT2D eigenvalue weighted by Crippen LogP contribution is -2.36. The van der Waals surface area contributed by atoms with E-state index in [1.165, 1.54) is 23.3 Å².